The van der Waals surface area contributed by atoms with Crippen molar-refractivity contribution >= 4 is 28.2 Å². The van der Waals surface area contributed by atoms with Crippen LogP contribution in [0.1, 0.15) is 51.9 Å². The molecule has 1 amide bonds. The van der Waals surface area contributed by atoms with Gasteiger partial charge in [0, 0.05) is 29.6 Å². The Balaban J connectivity index is 1.59. The van der Waals surface area contributed by atoms with Gasteiger partial charge in [0.2, 0.25) is 0 Å². The maximum absolute atomic E-state index is 13.1. The first-order valence-corrected chi connectivity index (χ1v) is 12.0. The molecule has 0 atom stereocenters. The highest BCUT2D eigenvalue weighted by atomic mass is 32.1. The van der Waals surface area contributed by atoms with Crippen LogP contribution in [0.4, 0.5) is 5.00 Å². The summed E-state index contributed by atoms with van der Waals surface area (Å²) in [5.74, 6) is 0.584. The number of nitrogens with one attached hydrogen (secondary N) is 1. The number of hydrogen-bond donors (Lipinski definition) is 1. The van der Waals surface area contributed by atoms with Gasteiger partial charge in [-0.05, 0) is 63.1 Å². The Morgan fingerprint density at radius 1 is 1.09 bits per heavy atom. The van der Waals surface area contributed by atoms with E-state index in [9.17, 15) is 9.59 Å². The van der Waals surface area contributed by atoms with Crippen molar-refractivity contribution in [2.24, 2.45) is 0 Å². The fourth-order valence-corrected chi connectivity index (χ4v) is 5.13. The van der Waals surface area contributed by atoms with Gasteiger partial charge in [0.05, 0.1) is 12.2 Å². The number of carbonyl (C=O) groups excluding carboxylic acids is 2. The molecule has 0 saturated carbocycles. The van der Waals surface area contributed by atoms with Gasteiger partial charge < -0.3 is 14.8 Å². The summed E-state index contributed by atoms with van der Waals surface area (Å²) in [7, 11) is 0. The maximum atomic E-state index is 13.1. The van der Waals surface area contributed by atoms with E-state index in [2.05, 4.69) is 24.1 Å². The molecule has 0 bridgehead atoms. The molecule has 1 N–H and O–H groups in total. The highest BCUT2D eigenvalue weighted by molar-refractivity contribution is 7.17. The molecule has 2 aromatic carbocycles. The average molecular weight is 465 g/mol. The monoisotopic (exact) mass is 464 g/mol. The number of thiophene rings is 1. The van der Waals surface area contributed by atoms with E-state index in [0.717, 1.165) is 30.0 Å². The highest BCUT2D eigenvalue weighted by Crippen LogP contribution is 2.38. The molecule has 1 aromatic heterocycles. The fraction of sp³-hybridized carbons (Fsp3) is 0.308. The van der Waals surface area contributed by atoms with Crippen molar-refractivity contribution in [2.75, 3.05) is 18.5 Å². The molecule has 0 radical (unpaired) electrons. The topological polar surface area (TPSA) is 67.9 Å². The molecule has 0 fully saturated rings. The minimum absolute atomic E-state index is 0.286. The molecule has 0 spiro atoms. The predicted molar refractivity (Wildman–Crippen MR) is 130 cm³/mol. The summed E-state index contributed by atoms with van der Waals surface area (Å²) in [4.78, 5) is 29.4. The summed E-state index contributed by atoms with van der Waals surface area (Å²) >= 11 is 1.46. The van der Waals surface area contributed by atoms with Gasteiger partial charge in [-0.3, -0.25) is 9.69 Å². The number of esters is 1. The summed E-state index contributed by atoms with van der Waals surface area (Å²) in [5, 5.41) is 3.51. The van der Waals surface area contributed by atoms with E-state index >= 15 is 0 Å². The zero-order valence-corrected chi connectivity index (χ0v) is 19.9. The molecule has 3 aromatic rings. The second kappa shape index (κ2) is 10.2. The normalized spacial score (nSPS) is 13.5. The van der Waals surface area contributed by atoms with Gasteiger partial charge >= 0.3 is 5.97 Å². The molecule has 1 aliphatic rings. The largest absolute Gasteiger partial charge is 0.462 e. The van der Waals surface area contributed by atoms with Crippen LogP contribution in [0.3, 0.4) is 0 Å². The number of carbonyl (C=O) groups is 2. The molecule has 0 aliphatic carbocycles. The van der Waals surface area contributed by atoms with Gasteiger partial charge in [0.15, 0.2) is 0 Å². The zero-order valence-electron chi connectivity index (χ0n) is 19.1. The number of anilines is 1. The molecule has 7 heteroatoms. The smallest absolute Gasteiger partial charge is 0.341 e. The van der Waals surface area contributed by atoms with Crippen LogP contribution in [0.15, 0.2) is 54.6 Å². The summed E-state index contributed by atoms with van der Waals surface area (Å²) in [6.07, 6.45) is 0.758. The van der Waals surface area contributed by atoms with Gasteiger partial charge in [-0.2, -0.15) is 0 Å². The minimum Gasteiger partial charge on any atom is -0.462 e. The van der Waals surface area contributed by atoms with Crippen LogP contribution >= 0.6 is 11.3 Å². The maximum Gasteiger partial charge on any atom is 0.341 e. The first kappa shape index (κ1) is 23.0. The number of ether oxygens (including phenoxy) is 2. The van der Waals surface area contributed by atoms with Crippen LogP contribution in [0.2, 0.25) is 0 Å². The molecule has 4 rings (SSSR count). The number of para-hydroxylation sites is 1. The van der Waals surface area contributed by atoms with Crippen LogP contribution in [-0.4, -0.2) is 36.0 Å². The second-order valence-corrected chi connectivity index (χ2v) is 9.24. The number of amides is 1. The van der Waals surface area contributed by atoms with Crippen molar-refractivity contribution in [3.8, 4) is 11.5 Å². The molecular weight excluding hydrogens is 436 g/mol. The number of benzene rings is 2. The van der Waals surface area contributed by atoms with Gasteiger partial charge in [0.1, 0.15) is 16.5 Å². The van der Waals surface area contributed by atoms with E-state index in [1.54, 1.807) is 31.2 Å². The Labute approximate surface area is 198 Å². The summed E-state index contributed by atoms with van der Waals surface area (Å²) in [6, 6.07) is 16.8. The lowest BCUT2D eigenvalue weighted by atomic mass is 10.0. The molecule has 1 aliphatic heterocycles. The van der Waals surface area contributed by atoms with Crippen LogP contribution in [-0.2, 0) is 17.7 Å². The van der Waals surface area contributed by atoms with Gasteiger partial charge in [-0.15, -0.1) is 11.3 Å². The lowest BCUT2D eigenvalue weighted by molar-refractivity contribution is 0.0526. The molecule has 6 nitrogen and oxygen atoms in total. The Morgan fingerprint density at radius 3 is 2.58 bits per heavy atom. The van der Waals surface area contributed by atoms with Gasteiger partial charge in [0.25, 0.3) is 5.91 Å². The van der Waals surface area contributed by atoms with Crippen molar-refractivity contribution < 1.29 is 19.1 Å². The van der Waals surface area contributed by atoms with E-state index in [1.165, 1.54) is 11.3 Å². The first-order valence-electron chi connectivity index (χ1n) is 11.2. The lowest BCUT2D eigenvalue weighted by Gasteiger charge is -2.30. The third-order valence-corrected chi connectivity index (χ3v) is 6.73. The average Bonchev–Trinajstić information content (AvgIpc) is 3.17. The Kier molecular flexibility index (Phi) is 7.11. The zero-order chi connectivity index (χ0) is 23.4. The summed E-state index contributed by atoms with van der Waals surface area (Å²) in [6.45, 7) is 8.04. The highest BCUT2D eigenvalue weighted by Gasteiger charge is 2.30. The van der Waals surface area contributed by atoms with Crippen molar-refractivity contribution in [1.82, 2.24) is 4.90 Å². The standard InChI is InChI=1S/C26H28N2O4S/c1-4-31-26(30)23-21-13-14-28(17(2)3)16-22(21)33-25(23)27-24(29)18-9-8-12-20(15-18)32-19-10-6-5-7-11-19/h5-12,15,17H,4,13-14,16H2,1-3H3,(H,27,29). The van der Waals surface area contributed by atoms with Crippen molar-refractivity contribution in [3.63, 3.8) is 0 Å². The van der Waals surface area contributed by atoms with Crippen LogP contribution in [0, 0.1) is 0 Å². The Bertz CT molecular complexity index is 1140. The third kappa shape index (κ3) is 5.26. The fourth-order valence-electron chi connectivity index (χ4n) is 3.87. The van der Waals surface area contributed by atoms with Crippen LogP contribution in [0.5, 0.6) is 11.5 Å². The predicted octanol–water partition coefficient (Wildman–Crippen LogP) is 5.74. The minimum atomic E-state index is -0.385. The van der Waals surface area contributed by atoms with E-state index in [4.69, 9.17) is 9.47 Å². The quantitative estimate of drug-likeness (QED) is 0.452. The molecule has 0 unspecified atom stereocenters. The number of rotatable bonds is 7. The van der Waals surface area contributed by atoms with Crippen molar-refractivity contribution in [3.05, 3.63) is 76.2 Å². The number of hydrogen-bond acceptors (Lipinski definition) is 6. The number of nitrogens with zero attached hydrogens (tertiary/aromatic N) is 1. The lowest BCUT2D eigenvalue weighted by Crippen LogP contribution is -2.35. The number of fused-ring (bicyclic) bond motifs is 1. The first-order chi connectivity index (χ1) is 16.0. The SMILES string of the molecule is CCOC(=O)c1c(NC(=O)c2cccc(Oc3ccccc3)c2)sc2c1CCN(C(C)C)C2. The van der Waals surface area contributed by atoms with E-state index < -0.39 is 0 Å². The van der Waals surface area contributed by atoms with Crippen LogP contribution in [0.25, 0.3) is 0 Å². The second-order valence-electron chi connectivity index (χ2n) is 8.14. The Hall–Kier alpha value is -3.16. The Morgan fingerprint density at radius 2 is 1.85 bits per heavy atom. The van der Waals surface area contributed by atoms with E-state index in [0.29, 0.717) is 33.7 Å². The summed E-state index contributed by atoms with van der Waals surface area (Å²) < 4.78 is 11.2. The summed E-state index contributed by atoms with van der Waals surface area (Å²) in [5.41, 5.74) is 1.94. The molecular formula is C26H28N2O4S. The van der Waals surface area contributed by atoms with Gasteiger partial charge in [-0.1, -0.05) is 24.3 Å². The van der Waals surface area contributed by atoms with E-state index in [-0.39, 0.29) is 18.5 Å². The van der Waals surface area contributed by atoms with Crippen molar-refractivity contribution in [2.45, 2.75) is 39.8 Å². The third-order valence-electron chi connectivity index (χ3n) is 5.60. The molecule has 33 heavy (non-hydrogen) atoms. The van der Waals surface area contributed by atoms with Crippen molar-refractivity contribution in [1.29, 1.82) is 0 Å². The molecule has 172 valence electrons. The molecule has 2 heterocycles. The molecule has 0 saturated heterocycles. The van der Waals surface area contributed by atoms with Crippen LogP contribution < -0.4 is 10.1 Å². The van der Waals surface area contributed by atoms with Gasteiger partial charge in [-0.25, -0.2) is 4.79 Å². The van der Waals surface area contributed by atoms with E-state index in [1.807, 2.05) is 30.3 Å².